The molecule has 0 aromatic heterocycles. The van der Waals surface area contributed by atoms with Gasteiger partial charge in [0, 0.05) is 34.4 Å². The first-order valence-corrected chi connectivity index (χ1v) is 14.8. The molecule has 47 heavy (non-hydrogen) atoms. The highest BCUT2D eigenvalue weighted by molar-refractivity contribution is 5.99. The fraction of sp³-hybridized carbons (Fsp3) is 0.406. The van der Waals surface area contributed by atoms with E-state index in [2.05, 4.69) is 0 Å². The van der Waals surface area contributed by atoms with Crippen LogP contribution in [-0.2, 0) is 19.8 Å². The van der Waals surface area contributed by atoms with Crippen molar-refractivity contribution in [2.75, 3.05) is 13.2 Å². The zero-order valence-corrected chi connectivity index (χ0v) is 24.3. The van der Waals surface area contributed by atoms with Crippen LogP contribution in [0.4, 0.5) is 0 Å². The molecular formula is C32H32O15. The molecule has 3 aromatic rings. The van der Waals surface area contributed by atoms with Gasteiger partial charge < -0.3 is 70.0 Å². The van der Waals surface area contributed by atoms with Crippen LogP contribution in [0.1, 0.15) is 50.4 Å². The van der Waals surface area contributed by atoms with Crippen molar-refractivity contribution in [3.63, 3.8) is 0 Å². The van der Waals surface area contributed by atoms with E-state index in [-0.39, 0.29) is 56.4 Å². The lowest BCUT2D eigenvalue weighted by molar-refractivity contribution is -0.238. The molecule has 15 nitrogen and oxygen atoms in total. The van der Waals surface area contributed by atoms with Crippen LogP contribution >= 0.6 is 0 Å². The molecule has 4 heterocycles. The molecule has 15 heteroatoms. The molecule has 3 aromatic carbocycles. The maximum Gasteiger partial charge on any atom is 0.340 e. The number of fused-ring (bicyclic) bond motifs is 6. The number of carbonyl (C=O) groups is 1. The summed E-state index contributed by atoms with van der Waals surface area (Å²) < 4.78 is 23.9. The van der Waals surface area contributed by atoms with Crippen molar-refractivity contribution in [3.05, 3.63) is 81.9 Å². The highest BCUT2D eigenvalue weighted by atomic mass is 16.6. The molecule has 0 radical (unpaired) electrons. The Hall–Kier alpha value is -3.87. The fourth-order valence-electron chi connectivity index (χ4n) is 7.08. The zero-order valence-electron chi connectivity index (χ0n) is 24.3. The molecule has 0 aliphatic carbocycles. The molecule has 4 aliphatic heterocycles. The second kappa shape index (κ2) is 11.4. The number of carbonyl (C=O) groups excluding carboxylic acids is 1. The average molecular weight is 657 g/mol. The van der Waals surface area contributed by atoms with Gasteiger partial charge in [-0.25, -0.2) is 4.79 Å². The molecule has 0 saturated carbocycles. The van der Waals surface area contributed by atoms with Crippen molar-refractivity contribution in [1.82, 2.24) is 0 Å². The molecule has 4 aliphatic rings. The molecule has 2 unspecified atom stereocenters. The van der Waals surface area contributed by atoms with E-state index in [0.717, 1.165) is 0 Å². The van der Waals surface area contributed by atoms with Gasteiger partial charge in [0.15, 0.2) is 5.60 Å². The Morgan fingerprint density at radius 3 is 1.64 bits per heavy atom. The third kappa shape index (κ3) is 4.55. The second-order valence-corrected chi connectivity index (χ2v) is 12.0. The summed E-state index contributed by atoms with van der Waals surface area (Å²) >= 11 is 0. The number of ether oxygens (including phenoxy) is 4. The number of hydrogen-bond acceptors (Lipinski definition) is 15. The summed E-state index contributed by atoms with van der Waals surface area (Å²) in [5, 5.41) is 105. The molecule has 1 spiro atoms. The van der Waals surface area contributed by atoms with Gasteiger partial charge in [0.2, 0.25) is 0 Å². The van der Waals surface area contributed by atoms with E-state index in [9.17, 15) is 55.9 Å². The van der Waals surface area contributed by atoms with Gasteiger partial charge in [0.25, 0.3) is 0 Å². The van der Waals surface area contributed by atoms with Crippen molar-refractivity contribution in [2.45, 2.75) is 66.6 Å². The predicted octanol–water partition coefficient (Wildman–Crippen LogP) is -1.30. The first-order valence-electron chi connectivity index (χ1n) is 14.8. The Morgan fingerprint density at radius 1 is 0.617 bits per heavy atom. The van der Waals surface area contributed by atoms with Crippen LogP contribution in [0.3, 0.4) is 0 Å². The number of phenols is 2. The maximum absolute atomic E-state index is 14.2. The Bertz CT molecular complexity index is 1670. The third-order valence-electron chi connectivity index (χ3n) is 9.39. The molecule has 10 N–H and O–H groups in total. The normalized spacial score (nSPS) is 33.8. The average Bonchev–Trinajstić information content (AvgIpc) is 3.34. The molecular weight excluding hydrogens is 624 g/mol. The molecule has 0 amide bonds. The summed E-state index contributed by atoms with van der Waals surface area (Å²) in [5.74, 6) is -1.18. The summed E-state index contributed by atoms with van der Waals surface area (Å²) in [5.41, 5.74) is -1.61. The predicted molar refractivity (Wildman–Crippen MR) is 153 cm³/mol. The quantitative estimate of drug-likeness (QED) is 0.146. The Kier molecular flexibility index (Phi) is 7.68. The summed E-state index contributed by atoms with van der Waals surface area (Å²) in [4.78, 5) is 14.2. The van der Waals surface area contributed by atoms with E-state index in [1.807, 2.05) is 0 Å². The van der Waals surface area contributed by atoms with Gasteiger partial charge in [-0.3, -0.25) is 0 Å². The summed E-state index contributed by atoms with van der Waals surface area (Å²) in [6, 6.07) is 11.1. The number of aliphatic hydroxyl groups excluding tert-OH is 8. The lowest BCUT2D eigenvalue weighted by atomic mass is 9.74. The number of aromatic hydroxyl groups is 2. The van der Waals surface area contributed by atoms with Crippen LogP contribution in [0.5, 0.6) is 23.0 Å². The van der Waals surface area contributed by atoms with Gasteiger partial charge in [0.05, 0.1) is 18.8 Å². The van der Waals surface area contributed by atoms with E-state index in [0.29, 0.717) is 0 Å². The molecule has 2 saturated heterocycles. The minimum absolute atomic E-state index is 0.0668. The molecule has 250 valence electrons. The first kappa shape index (κ1) is 31.7. The van der Waals surface area contributed by atoms with Crippen LogP contribution in [-0.4, -0.2) is 119 Å². The number of hydrogen-bond donors (Lipinski definition) is 10. The third-order valence-corrected chi connectivity index (χ3v) is 9.39. The van der Waals surface area contributed by atoms with Crippen molar-refractivity contribution in [2.24, 2.45) is 0 Å². The Labute approximate surface area is 265 Å². The fourth-order valence-corrected chi connectivity index (χ4v) is 7.08. The van der Waals surface area contributed by atoms with Crippen LogP contribution < -0.4 is 4.74 Å². The molecule has 10 atom stereocenters. The molecule has 0 bridgehead atoms. The van der Waals surface area contributed by atoms with Crippen LogP contribution in [0.2, 0.25) is 0 Å². The highest BCUT2D eigenvalue weighted by Gasteiger charge is 2.57. The SMILES string of the molecule is O=C1OC2(c3ccc(O)cc3Oc3cc(O)ccc32)c2ccc(C3O[C@H](CO)[C@H](O)[C@H](O)[C@H]3O)c(C3O[C@H](CO)[C@H](O)[C@H](O)[C@H]3O)c21. The number of esters is 1. The zero-order chi connectivity index (χ0) is 33.5. The highest BCUT2D eigenvalue weighted by Crippen LogP contribution is 2.59. The van der Waals surface area contributed by atoms with Crippen LogP contribution in [0.15, 0.2) is 48.5 Å². The van der Waals surface area contributed by atoms with E-state index in [1.54, 1.807) is 0 Å². The van der Waals surface area contributed by atoms with Crippen molar-refractivity contribution >= 4 is 5.97 Å². The Balaban J connectivity index is 1.51. The van der Waals surface area contributed by atoms with Gasteiger partial charge in [-0.05, 0) is 29.8 Å². The van der Waals surface area contributed by atoms with Crippen LogP contribution in [0.25, 0.3) is 0 Å². The molecule has 2 fully saturated rings. The number of aliphatic hydroxyl groups is 8. The number of phenolic OH excluding ortho intramolecular Hbond substituents is 2. The van der Waals surface area contributed by atoms with Crippen molar-refractivity contribution in [3.8, 4) is 23.0 Å². The maximum atomic E-state index is 14.2. The minimum Gasteiger partial charge on any atom is -0.508 e. The van der Waals surface area contributed by atoms with E-state index in [4.69, 9.17) is 18.9 Å². The topological polar surface area (TPSA) is 256 Å². The van der Waals surface area contributed by atoms with Gasteiger partial charge in [0.1, 0.15) is 84.0 Å². The summed E-state index contributed by atoms with van der Waals surface area (Å²) in [7, 11) is 0. The number of benzene rings is 3. The van der Waals surface area contributed by atoms with E-state index >= 15 is 0 Å². The minimum atomic E-state index is -1.92. The van der Waals surface area contributed by atoms with Crippen LogP contribution in [0, 0.1) is 0 Å². The van der Waals surface area contributed by atoms with Gasteiger partial charge in [-0.2, -0.15) is 0 Å². The standard InChI is InChI=1S/C32H32O15/c33-9-19-23(37)25(39)27(41)29(45-19)13-3-6-16-22(21(13)30-28(42)26(40)24(38)20(10-34)46-30)31(43)47-32(16)14-4-1-11(35)7-17(14)44-18-8-12(36)2-5-15(18)32/h1-8,19-20,23-30,33-42H,9-10H2/t19-,20-,23+,24+,25+,26+,27-,28-,29?,30?/m1/s1. The van der Waals surface area contributed by atoms with Gasteiger partial charge in [-0.15, -0.1) is 0 Å². The first-order chi connectivity index (χ1) is 22.4. The summed E-state index contributed by atoms with van der Waals surface area (Å²) in [6.07, 6.45) is -16.9. The number of rotatable bonds is 4. The van der Waals surface area contributed by atoms with Gasteiger partial charge in [-0.1, -0.05) is 12.1 Å². The van der Waals surface area contributed by atoms with Crippen molar-refractivity contribution < 1.29 is 74.8 Å². The lowest BCUT2D eigenvalue weighted by Crippen LogP contribution is -2.57. The Morgan fingerprint density at radius 2 is 1.11 bits per heavy atom. The van der Waals surface area contributed by atoms with E-state index < -0.39 is 85.8 Å². The smallest absolute Gasteiger partial charge is 0.340 e. The second-order valence-electron chi connectivity index (χ2n) is 12.0. The molecule has 7 rings (SSSR count). The lowest BCUT2D eigenvalue weighted by Gasteiger charge is -2.44. The van der Waals surface area contributed by atoms with E-state index in [1.165, 1.54) is 48.5 Å². The largest absolute Gasteiger partial charge is 0.508 e. The summed E-state index contributed by atoms with van der Waals surface area (Å²) in [6.45, 7) is -1.56. The van der Waals surface area contributed by atoms with Crippen molar-refractivity contribution in [1.29, 1.82) is 0 Å². The monoisotopic (exact) mass is 656 g/mol. The van der Waals surface area contributed by atoms with Gasteiger partial charge >= 0.3 is 5.97 Å².